The van der Waals surface area contributed by atoms with Crippen molar-refractivity contribution >= 4 is 17.3 Å². The first-order valence-electron chi connectivity index (χ1n) is 10.4. The van der Waals surface area contributed by atoms with Crippen molar-refractivity contribution in [2.75, 3.05) is 6.54 Å². The number of hydrogen-bond donors (Lipinski definition) is 2. The quantitative estimate of drug-likeness (QED) is 0.277. The number of benzene rings is 2. The van der Waals surface area contributed by atoms with E-state index in [2.05, 4.69) is 15.5 Å². The molecule has 2 heterocycles. The highest BCUT2D eigenvalue weighted by Crippen LogP contribution is 2.45. The summed E-state index contributed by atoms with van der Waals surface area (Å²) in [6.07, 6.45) is -3.84. The van der Waals surface area contributed by atoms with Crippen LogP contribution in [-0.2, 0) is 17.5 Å². The summed E-state index contributed by atoms with van der Waals surface area (Å²) in [6, 6.07) is 17.1. The lowest BCUT2D eigenvalue weighted by molar-refractivity contribution is -0.137. The van der Waals surface area contributed by atoms with Crippen molar-refractivity contribution in [2.24, 2.45) is 0 Å². The van der Waals surface area contributed by atoms with Crippen molar-refractivity contribution < 1.29 is 27.6 Å². The number of alkyl halides is 3. The molecule has 0 saturated heterocycles. The molecule has 2 aromatic heterocycles. The molecule has 0 unspecified atom stereocenters. The Balaban J connectivity index is 1.49. The molecule has 4 aromatic rings. The second-order valence-corrected chi connectivity index (χ2v) is 8.56. The van der Waals surface area contributed by atoms with Gasteiger partial charge in [-0.05, 0) is 30.2 Å². The molecule has 0 aliphatic rings. The van der Waals surface area contributed by atoms with Crippen molar-refractivity contribution in [2.45, 2.75) is 25.6 Å². The summed E-state index contributed by atoms with van der Waals surface area (Å²) in [7, 11) is 0. The van der Waals surface area contributed by atoms with Crippen molar-refractivity contribution in [3.63, 3.8) is 0 Å². The van der Waals surface area contributed by atoms with Crippen LogP contribution >= 0.6 is 11.3 Å². The van der Waals surface area contributed by atoms with Gasteiger partial charge < -0.3 is 14.9 Å². The molecule has 34 heavy (non-hydrogen) atoms. The zero-order valence-corrected chi connectivity index (χ0v) is 18.6. The maximum absolute atomic E-state index is 13.7. The Kier molecular flexibility index (Phi) is 7.09. The summed E-state index contributed by atoms with van der Waals surface area (Å²) >= 11 is 0.574. The summed E-state index contributed by atoms with van der Waals surface area (Å²) in [6.45, 7) is 1.17. The summed E-state index contributed by atoms with van der Waals surface area (Å²) in [5.41, 5.74) is 2.20. The normalized spacial score (nSPS) is 11.6. The molecule has 10 heteroatoms. The number of hydrogen-bond acceptors (Lipinski definition) is 6. The fraction of sp³-hybridized carbons (Fsp3) is 0.208. The molecule has 2 aromatic carbocycles. The Bertz CT molecular complexity index is 1250. The fourth-order valence-electron chi connectivity index (χ4n) is 3.35. The average Bonchev–Trinajstić information content (AvgIpc) is 3.47. The molecule has 4 rings (SSSR count). The Morgan fingerprint density at radius 1 is 1.06 bits per heavy atom. The zero-order chi connectivity index (χ0) is 24.1. The lowest BCUT2D eigenvalue weighted by Gasteiger charge is -2.07. The van der Waals surface area contributed by atoms with Crippen LogP contribution in [0.4, 0.5) is 13.2 Å². The number of aromatic nitrogens is 2. The highest BCUT2D eigenvalue weighted by Gasteiger charge is 2.37. The van der Waals surface area contributed by atoms with E-state index < -0.39 is 17.0 Å². The predicted molar refractivity (Wildman–Crippen MR) is 122 cm³/mol. The van der Waals surface area contributed by atoms with Crippen LogP contribution in [-0.4, -0.2) is 27.8 Å². The van der Waals surface area contributed by atoms with Crippen LogP contribution in [0, 0.1) is 0 Å². The third-order valence-corrected chi connectivity index (χ3v) is 6.16. The topological polar surface area (TPSA) is 88.2 Å². The number of halogens is 3. The van der Waals surface area contributed by atoms with Gasteiger partial charge in [-0.3, -0.25) is 4.79 Å². The molecule has 0 radical (unpaired) electrons. The number of carbonyl (C=O) groups is 1. The molecular formula is C24H20F3N3O3S. The largest absolute Gasteiger partial charge is 0.481 e. The van der Waals surface area contributed by atoms with E-state index in [9.17, 15) is 18.0 Å². The third kappa shape index (κ3) is 5.70. The molecule has 0 aliphatic heterocycles. The van der Waals surface area contributed by atoms with E-state index in [0.29, 0.717) is 42.0 Å². The van der Waals surface area contributed by atoms with Crippen molar-refractivity contribution in [1.82, 2.24) is 15.5 Å². The number of carboxylic acid groups (broad SMARTS) is 1. The molecule has 0 bridgehead atoms. The molecule has 0 amide bonds. The van der Waals surface area contributed by atoms with Crippen LogP contribution in [0.3, 0.4) is 0 Å². The van der Waals surface area contributed by atoms with E-state index in [4.69, 9.17) is 9.63 Å². The molecule has 176 valence electrons. The van der Waals surface area contributed by atoms with Gasteiger partial charge in [0.15, 0.2) is 0 Å². The molecule has 2 N–H and O–H groups in total. The molecule has 0 atom stereocenters. The molecular weight excluding hydrogens is 467 g/mol. The summed E-state index contributed by atoms with van der Waals surface area (Å²) < 4.78 is 46.2. The predicted octanol–water partition coefficient (Wildman–Crippen LogP) is 6.11. The van der Waals surface area contributed by atoms with Gasteiger partial charge in [0.25, 0.3) is 5.89 Å². The number of rotatable bonds is 9. The average molecular weight is 488 g/mol. The zero-order valence-electron chi connectivity index (χ0n) is 17.8. The Morgan fingerprint density at radius 3 is 2.47 bits per heavy atom. The first-order valence-corrected chi connectivity index (χ1v) is 11.3. The molecule has 0 fully saturated rings. The van der Waals surface area contributed by atoms with Crippen molar-refractivity contribution in [3.8, 4) is 33.3 Å². The van der Waals surface area contributed by atoms with E-state index in [-0.39, 0.29) is 28.6 Å². The monoisotopic (exact) mass is 487 g/mol. The van der Waals surface area contributed by atoms with Gasteiger partial charge in [0.2, 0.25) is 5.82 Å². The first kappa shape index (κ1) is 23.7. The molecule has 6 nitrogen and oxygen atoms in total. The van der Waals surface area contributed by atoms with Crippen LogP contribution in [0.1, 0.15) is 23.3 Å². The SMILES string of the molecule is O=C(O)CCCNCc1ccc(-c2noc(-c3cc(-c4ccccc4)c(C(F)(F)F)s3)n2)cc1. The summed E-state index contributed by atoms with van der Waals surface area (Å²) in [4.78, 5) is 14.4. The highest BCUT2D eigenvalue weighted by atomic mass is 32.1. The lowest BCUT2D eigenvalue weighted by atomic mass is 10.1. The van der Waals surface area contributed by atoms with Crippen LogP contribution in [0.5, 0.6) is 0 Å². The second kappa shape index (κ2) is 10.2. The van der Waals surface area contributed by atoms with Gasteiger partial charge in [-0.15, -0.1) is 11.3 Å². The van der Waals surface area contributed by atoms with Gasteiger partial charge >= 0.3 is 12.1 Å². The third-order valence-electron chi connectivity index (χ3n) is 5.00. The molecule has 0 saturated carbocycles. The maximum atomic E-state index is 13.7. The number of carboxylic acids is 1. The second-order valence-electron chi connectivity index (χ2n) is 7.51. The van der Waals surface area contributed by atoms with Gasteiger partial charge in [-0.2, -0.15) is 18.2 Å². The minimum Gasteiger partial charge on any atom is -0.481 e. The number of thiophene rings is 1. The number of nitrogens with one attached hydrogen (secondary N) is 1. The van der Waals surface area contributed by atoms with E-state index in [1.807, 2.05) is 12.1 Å². The van der Waals surface area contributed by atoms with Gasteiger partial charge in [-0.25, -0.2) is 0 Å². The number of aliphatic carboxylic acids is 1. The van der Waals surface area contributed by atoms with Crippen molar-refractivity contribution in [3.05, 3.63) is 71.1 Å². The summed E-state index contributed by atoms with van der Waals surface area (Å²) in [5, 5.41) is 15.8. The minimum absolute atomic E-state index is 0.0249. The smallest absolute Gasteiger partial charge is 0.426 e. The van der Waals surface area contributed by atoms with Gasteiger partial charge in [0.1, 0.15) is 4.88 Å². The highest BCUT2D eigenvalue weighted by molar-refractivity contribution is 7.16. The number of nitrogens with zero attached hydrogens (tertiary/aromatic N) is 2. The van der Waals surface area contributed by atoms with E-state index in [0.717, 1.165) is 5.56 Å². The van der Waals surface area contributed by atoms with E-state index >= 15 is 0 Å². The van der Waals surface area contributed by atoms with Crippen molar-refractivity contribution in [1.29, 1.82) is 0 Å². The van der Waals surface area contributed by atoms with Crippen LogP contribution in [0.2, 0.25) is 0 Å². The van der Waals surface area contributed by atoms with Crippen LogP contribution in [0.15, 0.2) is 65.2 Å². The standard InChI is InChI=1S/C24H20F3N3O3S/c25-24(26,27)21-18(16-5-2-1-3-6-16)13-19(34-21)23-29-22(30-33-23)17-10-8-15(9-11-17)14-28-12-4-7-20(31)32/h1-3,5-6,8-11,13,28H,4,7,12,14H2,(H,31,32). The summed E-state index contributed by atoms with van der Waals surface area (Å²) in [5.74, 6) is -0.518. The Hall–Kier alpha value is -3.50. The molecule has 0 aliphatic carbocycles. The van der Waals surface area contributed by atoms with Crippen LogP contribution in [0.25, 0.3) is 33.3 Å². The maximum Gasteiger partial charge on any atom is 0.426 e. The Morgan fingerprint density at radius 2 is 1.79 bits per heavy atom. The lowest BCUT2D eigenvalue weighted by Crippen LogP contribution is -2.15. The Labute approximate surface area is 197 Å². The molecule has 0 spiro atoms. The fourth-order valence-corrected chi connectivity index (χ4v) is 4.32. The van der Waals surface area contributed by atoms with E-state index in [1.165, 1.54) is 6.07 Å². The van der Waals surface area contributed by atoms with Gasteiger partial charge in [0.05, 0.1) is 4.88 Å². The van der Waals surface area contributed by atoms with Gasteiger partial charge in [-0.1, -0.05) is 59.8 Å². The minimum atomic E-state index is -4.51. The first-order chi connectivity index (χ1) is 16.3. The van der Waals surface area contributed by atoms with E-state index in [1.54, 1.807) is 42.5 Å². The van der Waals surface area contributed by atoms with Gasteiger partial charge in [0, 0.05) is 24.1 Å². The van der Waals surface area contributed by atoms with Crippen LogP contribution < -0.4 is 5.32 Å².